The van der Waals surface area contributed by atoms with Crippen molar-refractivity contribution in [3.8, 4) is 0 Å². The van der Waals surface area contributed by atoms with Gasteiger partial charge in [0.05, 0.1) is 31.0 Å². The van der Waals surface area contributed by atoms with Crippen LogP contribution in [0.25, 0.3) is 0 Å². The van der Waals surface area contributed by atoms with Crippen LogP contribution in [0.1, 0.15) is 126 Å². The molecule has 1 aliphatic carbocycles. The van der Waals surface area contributed by atoms with E-state index in [1.54, 1.807) is 41.1 Å². The van der Waals surface area contributed by atoms with Crippen LogP contribution in [0.5, 0.6) is 0 Å². The maximum absolute atomic E-state index is 14.5. The van der Waals surface area contributed by atoms with Crippen LogP contribution in [0, 0.1) is 35.5 Å². The number of fused-ring (bicyclic) bond motifs is 3. The number of Topliss-reactive ketones (excluding diaryl/α,β-unsaturated/α-hetero) is 3. The molecule has 1 amide bonds. The first kappa shape index (κ1) is 61.1. The van der Waals surface area contributed by atoms with Gasteiger partial charge in [-0.1, -0.05) is 87.0 Å². The smallest absolute Gasteiger partial charge is 0.329 e. The first-order valence-electron chi connectivity index (χ1n) is 26.0. The first-order valence-corrected chi connectivity index (χ1v) is 27.1. The molecule has 3 aliphatic heterocycles. The fourth-order valence-corrected chi connectivity index (χ4v) is 10.8. The zero-order valence-electron chi connectivity index (χ0n) is 44.4. The van der Waals surface area contributed by atoms with E-state index >= 15 is 0 Å². The van der Waals surface area contributed by atoms with E-state index in [1.807, 2.05) is 58.1 Å². The minimum absolute atomic E-state index is 0.00794. The lowest BCUT2D eigenvalue weighted by Gasteiger charge is -2.42. The molecule has 0 aromatic heterocycles. The predicted molar refractivity (Wildman–Crippen MR) is 274 cm³/mol. The number of methoxy groups -OCH3 is 3. The second-order valence-corrected chi connectivity index (χ2v) is 21.3. The molecule has 4 rings (SSSR count). The van der Waals surface area contributed by atoms with Crippen LogP contribution in [0.4, 0.5) is 0 Å². The number of ether oxygens (including phenoxy) is 7. The number of nitrogens with zero attached hydrogens (tertiary/aromatic N) is 1. The quantitative estimate of drug-likeness (QED) is 0.0692. The highest BCUT2D eigenvalue weighted by Crippen LogP contribution is 2.38. The minimum Gasteiger partial charge on any atom is -0.463 e. The van der Waals surface area contributed by atoms with E-state index in [9.17, 15) is 39.0 Å². The molecule has 2 saturated heterocycles. The molecule has 1 saturated carbocycles. The Morgan fingerprint density at radius 3 is 2.29 bits per heavy atom. The van der Waals surface area contributed by atoms with Crippen LogP contribution < -0.4 is 0 Å². The number of aliphatic hydroxyl groups excluding tert-OH is 1. The van der Waals surface area contributed by atoms with E-state index in [-0.39, 0.29) is 85.4 Å². The number of carbonyl (C=O) groups excluding carboxylic acids is 6. The number of carbonyl (C=O) groups is 6. The largest absolute Gasteiger partial charge is 0.463 e. The Hall–Kier alpha value is -3.42. The predicted octanol–water partition coefficient (Wildman–Crippen LogP) is 7.14. The van der Waals surface area contributed by atoms with Gasteiger partial charge in [0.15, 0.2) is 5.78 Å². The number of aliphatic hydroxyl groups is 2. The van der Waals surface area contributed by atoms with E-state index in [1.165, 1.54) is 12.0 Å². The van der Waals surface area contributed by atoms with Gasteiger partial charge >= 0.3 is 11.9 Å². The number of piperidine rings is 1. The van der Waals surface area contributed by atoms with Gasteiger partial charge in [-0.3, -0.25) is 24.0 Å². The zero-order valence-corrected chi connectivity index (χ0v) is 46.0. The Kier molecular flexibility index (Phi) is 25.1. The Morgan fingerprint density at radius 2 is 1.61 bits per heavy atom. The van der Waals surface area contributed by atoms with Crippen molar-refractivity contribution in [3.63, 3.8) is 0 Å². The summed E-state index contributed by atoms with van der Waals surface area (Å²) in [5.41, 5.74) is 1.25. The number of hydrogen-bond donors (Lipinski definition) is 2. The summed E-state index contributed by atoms with van der Waals surface area (Å²) in [7, 11) is 4.57. The van der Waals surface area contributed by atoms with Crippen molar-refractivity contribution in [2.75, 3.05) is 46.4 Å². The summed E-state index contributed by atoms with van der Waals surface area (Å²) in [6.45, 7) is 13.1. The van der Waals surface area contributed by atoms with Crippen molar-refractivity contribution in [2.45, 2.75) is 180 Å². The van der Waals surface area contributed by atoms with Crippen LogP contribution in [0.15, 0.2) is 47.6 Å². The highest BCUT2D eigenvalue weighted by Gasteiger charge is 2.53. The third-order valence-electron chi connectivity index (χ3n) is 15.2. The fraction of sp³-hybridized carbons (Fsp3) is 0.745. The number of halogens is 1. The molecular weight excluding hydrogens is 995 g/mol. The van der Waals surface area contributed by atoms with Gasteiger partial charge in [0.2, 0.25) is 5.79 Å². The van der Waals surface area contributed by atoms with Crippen LogP contribution in [0.2, 0.25) is 0 Å². The molecule has 2 N–H and O–H groups in total. The van der Waals surface area contributed by atoms with E-state index in [0.717, 1.165) is 12.0 Å². The number of esters is 2. The second kappa shape index (κ2) is 29.6. The summed E-state index contributed by atoms with van der Waals surface area (Å²) in [6, 6.07) is -1.16. The average Bonchev–Trinajstić information content (AvgIpc) is 3.36. The maximum atomic E-state index is 14.5. The summed E-state index contributed by atoms with van der Waals surface area (Å²) in [6.07, 6.45) is 11.6. The van der Waals surface area contributed by atoms with E-state index in [0.29, 0.717) is 63.4 Å². The van der Waals surface area contributed by atoms with Crippen molar-refractivity contribution >= 4 is 51.1 Å². The molecule has 406 valence electrons. The van der Waals surface area contributed by atoms with Crippen molar-refractivity contribution < 1.29 is 72.1 Å². The van der Waals surface area contributed by atoms with Crippen molar-refractivity contribution in [1.82, 2.24) is 4.90 Å². The monoisotopic (exact) mass is 1080 g/mol. The Morgan fingerprint density at radius 1 is 0.875 bits per heavy atom. The molecular formula is C55H84BrNO15. The maximum Gasteiger partial charge on any atom is 0.329 e. The molecule has 0 unspecified atom stereocenters. The van der Waals surface area contributed by atoms with Crippen molar-refractivity contribution in [1.29, 1.82) is 0 Å². The van der Waals surface area contributed by atoms with Gasteiger partial charge in [-0.05, 0) is 107 Å². The molecule has 17 heteroatoms. The minimum atomic E-state index is -2.45. The van der Waals surface area contributed by atoms with Crippen LogP contribution >= 0.6 is 15.9 Å². The number of rotatable bonds is 11. The van der Waals surface area contributed by atoms with Crippen LogP contribution in [-0.4, -0.2) is 151 Å². The van der Waals surface area contributed by atoms with Crippen LogP contribution in [0.3, 0.4) is 0 Å². The molecule has 2 bridgehead atoms. The van der Waals surface area contributed by atoms with Crippen molar-refractivity contribution in [3.05, 3.63) is 47.6 Å². The third-order valence-corrected chi connectivity index (χ3v) is 15.7. The van der Waals surface area contributed by atoms with Gasteiger partial charge in [0.1, 0.15) is 42.1 Å². The number of allylic oxidation sites excluding steroid dienone is 6. The highest BCUT2D eigenvalue weighted by atomic mass is 79.9. The Labute approximate surface area is 436 Å². The summed E-state index contributed by atoms with van der Waals surface area (Å²) in [5.74, 6) is -8.51. The zero-order chi connectivity index (χ0) is 53.3. The number of alkyl halides is 1. The Balaban J connectivity index is 1.67. The average molecular weight is 1080 g/mol. The summed E-state index contributed by atoms with van der Waals surface area (Å²) >= 11 is 3.08. The molecule has 3 fully saturated rings. The molecule has 15 atom stereocenters. The van der Waals surface area contributed by atoms with Crippen LogP contribution in [-0.2, 0) is 61.9 Å². The van der Waals surface area contributed by atoms with Gasteiger partial charge in [-0.2, -0.15) is 0 Å². The second-order valence-electron chi connectivity index (χ2n) is 20.8. The number of hydrogen-bond acceptors (Lipinski definition) is 15. The molecule has 72 heavy (non-hydrogen) atoms. The van der Waals surface area contributed by atoms with E-state index in [2.05, 4.69) is 15.9 Å². The SMILES string of the molecule is CO[C@H]1C[C@@H]2CC[C@@H](C)[C@@](O)(O2)C(=O)C(=O)N2CCCC[C@H]2C(=O)O[C@H]([C@H](C)C[C@@H]2CC[C@@H](OCCOC(=O)CBr)[C@H](OC)C2)CC(=O)[C@H](C)/C=C(\C)[C@@H](O)[C@@H](OC)C(=O)[C@H](C)C[C@H](C)/C=C/C=C/C=C/1C. The van der Waals surface area contributed by atoms with Gasteiger partial charge in [0.25, 0.3) is 11.7 Å². The third kappa shape index (κ3) is 17.1. The lowest BCUT2D eigenvalue weighted by atomic mass is 9.78. The molecule has 0 radical (unpaired) electrons. The molecule has 4 aliphatic rings. The number of cyclic esters (lactones) is 1. The number of amides is 1. The van der Waals surface area contributed by atoms with Gasteiger partial charge < -0.3 is 48.3 Å². The Bertz CT molecular complexity index is 1950. The standard InChI is InChI=1S/C55H84BrNO15/c1-33-16-12-11-13-17-34(2)45(66-8)30-41-21-19-39(7)55(65,72-41)52(62)53(63)57-23-15-14-18-42(57)54(64)71-46(31-43(58)35(3)27-38(6)50(61)51(68-10)49(60)37(5)26-33)36(4)28-40-20-22-44(47(29-40)67-9)69-24-25-70-48(59)32-56/h11-13,16-17,27,33,35-37,39-42,44-47,50-51,61,65H,14-15,18-26,28-32H2,1-10H3/b13-11+,16-12+,34-17+,38-27+/t33-,35-,36-,37-,39-,40+,41+,42+,44-,45+,46+,47-,50-,51+,55-/m1/s1. The summed E-state index contributed by atoms with van der Waals surface area (Å²) < 4.78 is 41.0. The topological polar surface area (TPSA) is 211 Å². The van der Waals surface area contributed by atoms with Gasteiger partial charge in [-0.25, -0.2) is 4.79 Å². The first-order chi connectivity index (χ1) is 34.2. The highest BCUT2D eigenvalue weighted by molar-refractivity contribution is 9.09. The van der Waals surface area contributed by atoms with Gasteiger partial charge in [-0.15, -0.1) is 0 Å². The van der Waals surface area contributed by atoms with Crippen molar-refractivity contribution in [2.24, 2.45) is 35.5 Å². The summed E-state index contributed by atoms with van der Waals surface area (Å²) in [4.78, 5) is 84.0. The number of ketones is 3. The lowest BCUT2D eigenvalue weighted by molar-refractivity contribution is -0.265. The molecule has 0 aromatic carbocycles. The molecule has 0 spiro atoms. The lowest BCUT2D eigenvalue weighted by Crippen LogP contribution is -2.61. The fourth-order valence-electron chi connectivity index (χ4n) is 10.7. The van der Waals surface area contributed by atoms with E-state index < -0.39 is 77.8 Å². The van der Waals surface area contributed by atoms with Gasteiger partial charge in [0, 0.05) is 58.5 Å². The van der Waals surface area contributed by atoms with E-state index in [4.69, 9.17) is 33.2 Å². The molecule has 16 nitrogen and oxygen atoms in total. The molecule has 0 aromatic rings. The molecule has 3 heterocycles. The normalized spacial score (nSPS) is 37.5. The summed E-state index contributed by atoms with van der Waals surface area (Å²) in [5, 5.41) is 23.6.